The van der Waals surface area contributed by atoms with Crippen molar-refractivity contribution in [2.24, 2.45) is 0 Å². The summed E-state index contributed by atoms with van der Waals surface area (Å²) in [4.78, 5) is 30.3. The van der Waals surface area contributed by atoms with Crippen LogP contribution in [-0.4, -0.2) is 21.9 Å². The Labute approximate surface area is 152 Å². The van der Waals surface area contributed by atoms with E-state index < -0.39 is 0 Å². The van der Waals surface area contributed by atoms with Crippen molar-refractivity contribution in [3.63, 3.8) is 0 Å². The van der Waals surface area contributed by atoms with Gasteiger partial charge < -0.3 is 10.1 Å². The van der Waals surface area contributed by atoms with E-state index in [1.807, 2.05) is 31.2 Å². The van der Waals surface area contributed by atoms with Crippen LogP contribution in [0, 0.1) is 0 Å². The second kappa shape index (κ2) is 6.61. The van der Waals surface area contributed by atoms with Crippen LogP contribution in [0.5, 0.6) is 5.75 Å². The van der Waals surface area contributed by atoms with Gasteiger partial charge in [0.25, 0.3) is 11.5 Å². The van der Waals surface area contributed by atoms with E-state index in [1.165, 1.54) is 21.8 Å². The number of fused-ring (bicyclic) bond motifs is 3. The lowest BCUT2D eigenvalue weighted by Crippen LogP contribution is -2.17. The monoisotopic (exact) mass is 365 g/mol. The molecule has 0 radical (unpaired) electrons. The normalized spacial score (nSPS) is 11.0. The molecule has 0 saturated carbocycles. The minimum absolute atomic E-state index is 0.274. The fourth-order valence-electron chi connectivity index (χ4n) is 2.70. The first kappa shape index (κ1) is 16.3. The molecule has 0 saturated heterocycles. The molecule has 0 atom stereocenters. The molecule has 26 heavy (non-hydrogen) atoms. The van der Waals surface area contributed by atoms with Crippen LogP contribution in [0.3, 0.4) is 0 Å². The Morgan fingerprint density at radius 3 is 2.73 bits per heavy atom. The van der Waals surface area contributed by atoms with E-state index >= 15 is 0 Å². The Kier molecular flexibility index (Phi) is 4.14. The second-order valence-corrected chi connectivity index (χ2v) is 6.59. The molecule has 0 unspecified atom stereocenters. The van der Waals surface area contributed by atoms with Gasteiger partial charge in [0.05, 0.1) is 17.6 Å². The van der Waals surface area contributed by atoms with E-state index in [2.05, 4.69) is 10.3 Å². The Hall–Kier alpha value is -3.19. The minimum Gasteiger partial charge on any atom is -0.494 e. The summed E-state index contributed by atoms with van der Waals surface area (Å²) in [6.45, 7) is 2.49. The molecule has 0 aliphatic heterocycles. The van der Waals surface area contributed by atoms with Crippen molar-refractivity contribution < 1.29 is 9.53 Å². The van der Waals surface area contributed by atoms with Crippen molar-refractivity contribution in [2.45, 2.75) is 6.92 Å². The lowest BCUT2D eigenvalue weighted by atomic mass is 10.3. The molecular formula is C19H15N3O3S. The van der Waals surface area contributed by atoms with Gasteiger partial charge in [-0.1, -0.05) is 23.5 Å². The van der Waals surface area contributed by atoms with Crippen LogP contribution in [0.4, 0.5) is 5.69 Å². The van der Waals surface area contributed by atoms with Gasteiger partial charge in [0.15, 0.2) is 4.96 Å². The van der Waals surface area contributed by atoms with Gasteiger partial charge in [-0.2, -0.15) is 0 Å². The van der Waals surface area contributed by atoms with E-state index in [0.29, 0.717) is 22.1 Å². The van der Waals surface area contributed by atoms with E-state index in [1.54, 1.807) is 24.3 Å². The molecule has 4 aromatic rings. The van der Waals surface area contributed by atoms with E-state index in [9.17, 15) is 9.59 Å². The SMILES string of the molecule is CCOc1ccc(NC(=O)c2cc(=O)n3c(nc4ccccc43)s2)cc1. The minimum atomic E-state index is -0.342. The summed E-state index contributed by atoms with van der Waals surface area (Å²) < 4.78 is 6.90. The Balaban J connectivity index is 1.66. The standard InChI is InChI=1S/C19H15N3O3S/c1-2-25-13-9-7-12(8-10-13)20-18(24)16-11-17(23)22-15-6-4-3-5-14(15)21-19(22)26-16/h3-11H,2H2,1H3,(H,20,24). The maximum atomic E-state index is 12.5. The largest absolute Gasteiger partial charge is 0.494 e. The summed E-state index contributed by atoms with van der Waals surface area (Å²) in [6.07, 6.45) is 0. The third kappa shape index (κ3) is 2.93. The number of ether oxygens (including phenoxy) is 1. The highest BCUT2D eigenvalue weighted by Gasteiger charge is 2.14. The van der Waals surface area contributed by atoms with Gasteiger partial charge >= 0.3 is 0 Å². The number of benzene rings is 2. The molecule has 0 aliphatic rings. The lowest BCUT2D eigenvalue weighted by Gasteiger charge is -2.07. The summed E-state index contributed by atoms with van der Waals surface area (Å²) in [5.74, 6) is 0.395. The molecule has 2 aromatic carbocycles. The molecule has 0 spiro atoms. The third-order valence-corrected chi connectivity index (χ3v) is 4.83. The summed E-state index contributed by atoms with van der Waals surface area (Å²) in [6, 6.07) is 15.8. The number of carbonyl (C=O) groups excluding carboxylic acids is 1. The van der Waals surface area contributed by atoms with Crippen LogP contribution in [0.2, 0.25) is 0 Å². The first-order valence-electron chi connectivity index (χ1n) is 8.11. The van der Waals surface area contributed by atoms with E-state index in [0.717, 1.165) is 16.8 Å². The summed E-state index contributed by atoms with van der Waals surface area (Å²) in [7, 11) is 0. The van der Waals surface area contributed by atoms with E-state index in [-0.39, 0.29) is 11.5 Å². The van der Waals surface area contributed by atoms with Gasteiger partial charge in [0, 0.05) is 11.8 Å². The van der Waals surface area contributed by atoms with Crippen molar-refractivity contribution in [2.75, 3.05) is 11.9 Å². The molecule has 0 bridgehead atoms. The topological polar surface area (TPSA) is 72.7 Å². The highest BCUT2D eigenvalue weighted by molar-refractivity contribution is 7.18. The van der Waals surface area contributed by atoms with Crippen molar-refractivity contribution in [1.82, 2.24) is 9.38 Å². The van der Waals surface area contributed by atoms with Gasteiger partial charge in [0.1, 0.15) is 10.6 Å². The molecule has 0 fully saturated rings. The van der Waals surface area contributed by atoms with Crippen LogP contribution in [0.25, 0.3) is 16.0 Å². The van der Waals surface area contributed by atoms with Crippen LogP contribution >= 0.6 is 11.3 Å². The third-order valence-electron chi connectivity index (χ3n) is 3.85. The number of aromatic nitrogens is 2. The number of rotatable bonds is 4. The number of para-hydroxylation sites is 2. The highest BCUT2D eigenvalue weighted by atomic mass is 32.1. The molecule has 6 nitrogen and oxygen atoms in total. The van der Waals surface area contributed by atoms with Gasteiger partial charge in [0.2, 0.25) is 0 Å². The maximum absolute atomic E-state index is 12.5. The van der Waals surface area contributed by atoms with Crippen LogP contribution in [0.1, 0.15) is 16.6 Å². The number of nitrogens with one attached hydrogen (secondary N) is 1. The van der Waals surface area contributed by atoms with Crippen LogP contribution in [0.15, 0.2) is 59.4 Å². The number of nitrogens with zero attached hydrogens (tertiary/aromatic N) is 2. The number of hydrogen-bond acceptors (Lipinski definition) is 5. The maximum Gasteiger partial charge on any atom is 0.266 e. The van der Waals surface area contributed by atoms with Gasteiger partial charge in [-0.3, -0.25) is 14.0 Å². The predicted octanol–water partition coefficient (Wildman–Crippen LogP) is 3.56. The molecular weight excluding hydrogens is 350 g/mol. The number of anilines is 1. The van der Waals surface area contributed by atoms with E-state index in [4.69, 9.17) is 4.74 Å². The summed E-state index contributed by atoms with van der Waals surface area (Å²) in [5.41, 5.74) is 1.82. The smallest absolute Gasteiger partial charge is 0.266 e. The first-order valence-corrected chi connectivity index (χ1v) is 8.93. The van der Waals surface area contributed by atoms with Crippen molar-refractivity contribution in [1.29, 1.82) is 0 Å². The Morgan fingerprint density at radius 1 is 1.19 bits per heavy atom. The molecule has 1 amide bonds. The summed E-state index contributed by atoms with van der Waals surface area (Å²) >= 11 is 1.18. The zero-order valence-corrected chi connectivity index (χ0v) is 14.7. The van der Waals surface area contributed by atoms with Crippen molar-refractivity contribution in [3.8, 4) is 5.75 Å². The first-order chi connectivity index (χ1) is 12.7. The number of hydrogen-bond donors (Lipinski definition) is 1. The van der Waals surface area contributed by atoms with Crippen LogP contribution < -0.4 is 15.6 Å². The fraction of sp³-hybridized carbons (Fsp3) is 0.105. The van der Waals surface area contributed by atoms with Gasteiger partial charge in [-0.25, -0.2) is 4.98 Å². The zero-order chi connectivity index (χ0) is 18.1. The summed E-state index contributed by atoms with van der Waals surface area (Å²) in [5, 5.41) is 2.79. The second-order valence-electron chi connectivity index (χ2n) is 5.58. The molecule has 2 heterocycles. The number of carbonyl (C=O) groups is 1. The highest BCUT2D eigenvalue weighted by Crippen LogP contribution is 2.21. The number of imidazole rings is 1. The molecule has 1 N–H and O–H groups in total. The Bertz CT molecular complexity index is 1160. The van der Waals surface area contributed by atoms with Crippen LogP contribution in [-0.2, 0) is 0 Å². The van der Waals surface area contributed by atoms with Crippen molar-refractivity contribution >= 4 is 38.9 Å². The Morgan fingerprint density at radius 2 is 1.96 bits per heavy atom. The molecule has 2 aromatic heterocycles. The predicted molar refractivity (Wildman–Crippen MR) is 102 cm³/mol. The average Bonchev–Trinajstić information content (AvgIpc) is 3.02. The quantitative estimate of drug-likeness (QED) is 0.600. The molecule has 7 heteroatoms. The molecule has 130 valence electrons. The fourth-order valence-corrected chi connectivity index (χ4v) is 3.62. The van der Waals surface area contributed by atoms with Gasteiger partial charge in [-0.15, -0.1) is 0 Å². The zero-order valence-electron chi connectivity index (χ0n) is 13.9. The average molecular weight is 365 g/mol. The van der Waals surface area contributed by atoms with Gasteiger partial charge in [-0.05, 0) is 43.3 Å². The molecule has 0 aliphatic carbocycles. The lowest BCUT2D eigenvalue weighted by molar-refractivity contribution is 0.103. The number of amides is 1. The molecule has 4 rings (SSSR count). The van der Waals surface area contributed by atoms with Crippen molar-refractivity contribution in [3.05, 3.63) is 69.8 Å².